The van der Waals surface area contributed by atoms with Gasteiger partial charge in [-0.3, -0.25) is 0 Å². The third-order valence-corrected chi connectivity index (χ3v) is 2.51. The minimum absolute atomic E-state index is 0.165. The Morgan fingerprint density at radius 2 is 2.00 bits per heavy atom. The van der Waals surface area contributed by atoms with Gasteiger partial charge in [-0.2, -0.15) is 11.8 Å². The summed E-state index contributed by atoms with van der Waals surface area (Å²) in [7, 11) is 0. The smallest absolute Gasteiger partial charge is 0.256 e. The molecule has 0 saturated heterocycles. The average Bonchev–Trinajstić information content (AvgIpc) is 1.96. The predicted octanol–water partition coefficient (Wildman–Crippen LogP) is 2.43. The molecule has 1 N–H and O–H groups in total. The molecule has 0 aromatic rings. The van der Waals surface area contributed by atoms with Gasteiger partial charge in [0.25, 0.3) is 5.17 Å². The molecule has 4 heteroatoms. The summed E-state index contributed by atoms with van der Waals surface area (Å²) in [6, 6.07) is 0. The second-order valence-electron chi connectivity index (χ2n) is 3.30. The van der Waals surface area contributed by atoms with Crippen molar-refractivity contribution in [2.24, 2.45) is 0 Å². The first kappa shape index (κ1) is 13.0. The van der Waals surface area contributed by atoms with Gasteiger partial charge in [0.1, 0.15) is 0 Å². The molecule has 0 unspecified atom stereocenters. The Morgan fingerprint density at radius 1 is 1.38 bits per heavy atom. The Hall–Kier alpha value is 0.0400. The van der Waals surface area contributed by atoms with Crippen molar-refractivity contribution in [3.05, 3.63) is 0 Å². The zero-order chi connectivity index (χ0) is 10.3. The molecular weight excluding hydrogens is 202 g/mol. The van der Waals surface area contributed by atoms with Crippen molar-refractivity contribution in [3.8, 4) is 0 Å². The Labute approximate surface area is 90.8 Å². The van der Waals surface area contributed by atoms with E-state index in [4.69, 9.17) is 17.0 Å². The molecule has 0 atom stereocenters. The van der Waals surface area contributed by atoms with E-state index < -0.39 is 0 Å². The fraction of sp³-hybridized carbons (Fsp3) is 0.889. The van der Waals surface area contributed by atoms with Crippen LogP contribution in [0.2, 0.25) is 0 Å². The summed E-state index contributed by atoms with van der Waals surface area (Å²) in [5.41, 5.74) is 0. The molecule has 0 aliphatic carbocycles. The van der Waals surface area contributed by atoms with E-state index in [1.54, 1.807) is 0 Å². The number of nitrogens with one attached hydrogen (secondary N) is 1. The summed E-state index contributed by atoms with van der Waals surface area (Å²) in [6.07, 6.45) is 0.165. The lowest BCUT2D eigenvalue weighted by atomic mass is 10.5. The van der Waals surface area contributed by atoms with E-state index in [0.717, 1.165) is 12.3 Å². The zero-order valence-corrected chi connectivity index (χ0v) is 10.4. The summed E-state index contributed by atoms with van der Waals surface area (Å²) in [5.74, 6) is 1.07. The fourth-order valence-corrected chi connectivity index (χ4v) is 1.69. The second-order valence-corrected chi connectivity index (χ2v) is 5.36. The third kappa shape index (κ3) is 9.96. The van der Waals surface area contributed by atoms with Crippen molar-refractivity contribution in [3.63, 3.8) is 0 Å². The van der Waals surface area contributed by atoms with Crippen LogP contribution in [0.1, 0.15) is 27.7 Å². The van der Waals surface area contributed by atoms with E-state index in [0.29, 0.717) is 10.4 Å². The molecule has 0 rings (SSSR count). The molecule has 0 saturated carbocycles. The maximum atomic E-state index is 5.27. The van der Waals surface area contributed by atoms with Crippen molar-refractivity contribution in [2.45, 2.75) is 39.0 Å². The van der Waals surface area contributed by atoms with Crippen LogP contribution in [0.4, 0.5) is 0 Å². The molecule has 0 aromatic carbocycles. The zero-order valence-electron chi connectivity index (χ0n) is 8.79. The fourth-order valence-electron chi connectivity index (χ4n) is 0.703. The summed E-state index contributed by atoms with van der Waals surface area (Å²) in [5, 5.41) is 4.25. The Balaban J connectivity index is 3.27. The lowest BCUT2D eigenvalue weighted by Gasteiger charge is -2.12. The largest absolute Gasteiger partial charge is 0.468 e. The first-order valence-corrected chi connectivity index (χ1v) is 6.04. The maximum Gasteiger partial charge on any atom is 0.256 e. The monoisotopic (exact) mass is 221 g/mol. The summed E-state index contributed by atoms with van der Waals surface area (Å²) in [4.78, 5) is 0. The number of hydrogen-bond donors (Lipinski definition) is 1. The molecule has 78 valence electrons. The molecule has 0 heterocycles. The Bertz CT molecular complexity index is 149. The second kappa shape index (κ2) is 7.44. The van der Waals surface area contributed by atoms with Crippen LogP contribution >= 0.6 is 24.0 Å². The molecule has 0 amide bonds. The van der Waals surface area contributed by atoms with Gasteiger partial charge in [-0.15, -0.1) is 0 Å². The minimum Gasteiger partial charge on any atom is -0.468 e. The van der Waals surface area contributed by atoms with E-state index in [1.165, 1.54) is 0 Å². The van der Waals surface area contributed by atoms with Gasteiger partial charge in [0.2, 0.25) is 0 Å². The minimum atomic E-state index is 0.165. The van der Waals surface area contributed by atoms with Crippen molar-refractivity contribution in [1.29, 1.82) is 0 Å². The lowest BCUT2D eigenvalue weighted by Crippen LogP contribution is -2.28. The molecule has 0 radical (unpaired) electrons. The topological polar surface area (TPSA) is 21.3 Å². The number of ether oxygens (including phenoxy) is 1. The summed E-state index contributed by atoms with van der Waals surface area (Å²) >= 11 is 6.88. The van der Waals surface area contributed by atoms with E-state index in [9.17, 15) is 0 Å². The third-order valence-electron chi connectivity index (χ3n) is 1.17. The van der Waals surface area contributed by atoms with Crippen LogP contribution in [-0.2, 0) is 4.74 Å². The molecular formula is C9H19NOS2. The highest BCUT2D eigenvalue weighted by atomic mass is 32.2. The van der Waals surface area contributed by atoms with E-state index in [1.807, 2.05) is 25.6 Å². The SMILES string of the molecule is CC(C)OC(=S)NCCSC(C)C. The van der Waals surface area contributed by atoms with Crippen molar-refractivity contribution < 1.29 is 4.74 Å². The lowest BCUT2D eigenvalue weighted by molar-refractivity contribution is 0.225. The van der Waals surface area contributed by atoms with E-state index in [2.05, 4.69) is 19.2 Å². The summed E-state index contributed by atoms with van der Waals surface area (Å²) < 4.78 is 5.27. The van der Waals surface area contributed by atoms with Gasteiger partial charge < -0.3 is 10.1 Å². The molecule has 13 heavy (non-hydrogen) atoms. The first-order valence-electron chi connectivity index (χ1n) is 4.58. The predicted molar refractivity (Wildman–Crippen MR) is 64.4 cm³/mol. The summed E-state index contributed by atoms with van der Waals surface area (Å²) in [6.45, 7) is 9.20. The molecule has 0 fully saturated rings. The van der Waals surface area contributed by atoms with Gasteiger partial charge in [-0.05, 0) is 31.3 Å². The highest BCUT2D eigenvalue weighted by Gasteiger charge is 1.99. The van der Waals surface area contributed by atoms with Crippen LogP contribution in [0.25, 0.3) is 0 Å². The molecule has 0 aliphatic rings. The van der Waals surface area contributed by atoms with Crippen LogP contribution in [0.5, 0.6) is 0 Å². The van der Waals surface area contributed by atoms with Gasteiger partial charge in [0.15, 0.2) is 0 Å². The van der Waals surface area contributed by atoms with Crippen molar-refractivity contribution in [2.75, 3.05) is 12.3 Å². The highest BCUT2D eigenvalue weighted by Crippen LogP contribution is 2.06. The number of thioether (sulfide) groups is 1. The highest BCUT2D eigenvalue weighted by molar-refractivity contribution is 7.99. The van der Waals surface area contributed by atoms with Crippen LogP contribution < -0.4 is 5.32 Å². The van der Waals surface area contributed by atoms with E-state index >= 15 is 0 Å². The van der Waals surface area contributed by atoms with Crippen LogP contribution in [-0.4, -0.2) is 28.8 Å². The van der Waals surface area contributed by atoms with Crippen molar-refractivity contribution in [1.82, 2.24) is 5.32 Å². The molecule has 2 nitrogen and oxygen atoms in total. The van der Waals surface area contributed by atoms with Gasteiger partial charge in [0.05, 0.1) is 6.10 Å². The molecule has 0 bridgehead atoms. The maximum absolute atomic E-state index is 5.27. The van der Waals surface area contributed by atoms with Gasteiger partial charge in [-0.25, -0.2) is 0 Å². The molecule has 0 spiro atoms. The number of thiocarbonyl (C=S) groups is 1. The van der Waals surface area contributed by atoms with Crippen LogP contribution in [0.15, 0.2) is 0 Å². The van der Waals surface area contributed by atoms with Crippen molar-refractivity contribution >= 4 is 29.2 Å². The quantitative estimate of drug-likeness (QED) is 0.568. The van der Waals surface area contributed by atoms with Crippen LogP contribution in [0, 0.1) is 0 Å². The Kier molecular flexibility index (Phi) is 7.47. The molecule has 0 aliphatic heterocycles. The van der Waals surface area contributed by atoms with Gasteiger partial charge in [-0.1, -0.05) is 13.8 Å². The van der Waals surface area contributed by atoms with Gasteiger partial charge >= 0.3 is 0 Å². The normalized spacial score (nSPS) is 10.6. The Morgan fingerprint density at radius 3 is 2.46 bits per heavy atom. The average molecular weight is 221 g/mol. The number of rotatable bonds is 5. The first-order chi connectivity index (χ1) is 6.02. The van der Waals surface area contributed by atoms with Gasteiger partial charge in [0, 0.05) is 12.3 Å². The number of hydrogen-bond acceptors (Lipinski definition) is 3. The molecule has 0 aromatic heterocycles. The van der Waals surface area contributed by atoms with E-state index in [-0.39, 0.29) is 6.10 Å². The standard InChI is InChI=1S/C9H19NOS2/c1-7(2)11-9(12)10-5-6-13-8(3)4/h7-8H,5-6H2,1-4H3,(H,10,12). The van der Waals surface area contributed by atoms with Crippen LogP contribution in [0.3, 0.4) is 0 Å².